The van der Waals surface area contributed by atoms with E-state index in [1.54, 1.807) is 23.7 Å². The lowest BCUT2D eigenvalue weighted by Gasteiger charge is -2.14. The highest BCUT2D eigenvalue weighted by Gasteiger charge is 2.36. The number of nitrogens with zero attached hydrogens (tertiary/aromatic N) is 4. The number of nitrogens with two attached hydrogens (primary N) is 1. The molecule has 0 unspecified atom stereocenters. The van der Waals surface area contributed by atoms with E-state index in [1.807, 2.05) is 43.3 Å². The van der Waals surface area contributed by atoms with Crippen molar-refractivity contribution in [2.45, 2.75) is 31.8 Å². The van der Waals surface area contributed by atoms with Gasteiger partial charge in [-0.15, -0.1) is 11.3 Å². The molecule has 34 heavy (non-hydrogen) atoms. The highest BCUT2D eigenvalue weighted by atomic mass is 32.1. The zero-order chi connectivity index (χ0) is 23.4. The van der Waals surface area contributed by atoms with E-state index < -0.39 is 6.04 Å². The van der Waals surface area contributed by atoms with Crippen molar-refractivity contribution in [3.8, 4) is 11.4 Å². The number of rotatable bonds is 4. The zero-order valence-corrected chi connectivity index (χ0v) is 19.1. The molecule has 0 spiro atoms. The molecule has 5 aromatic rings. The molecule has 4 aromatic heterocycles. The van der Waals surface area contributed by atoms with Gasteiger partial charge in [-0.2, -0.15) is 0 Å². The number of benzene rings is 1. The summed E-state index contributed by atoms with van der Waals surface area (Å²) in [5.74, 6) is 1.32. The summed E-state index contributed by atoms with van der Waals surface area (Å²) in [4.78, 5) is 44.0. The maximum absolute atomic E-state index is 13.5. The molecule has 0 bridgehead atoms. The number of hydrogen-bond donors (Lipinski definition) is 3. The topological polar surface area (TPSA) is 132 Å². The minimum atomic E-state index is -0.624. The van der Waals surface area contributed by atoms with E-state index in [4.69, 9.17) is 5.73 Å². The molecule has 1 aliphatic heterocycles. The summed E-state index contributed by atoms with van der Waals surface area (Å²) in [6, 6.07) is 10.8. The molecule has 170 valence electrons. The molecular formula is C24H21N7O2S. The number of aromatic amines is 1. The molecule has 1 aromatic carbocycles. The molecule has 1 aliphatic rings. The van der Waals surface area contributed by atoms with Crippen LogP contribution in [0.3, 0.4) is 0 Å². The molecule has 1 amide bonds. The number of pyridine rings is 1. The number of thiophene rings is 1. The van der Waals surface area contributed by atoms with Crippen LogP contribution in [0, 0.1) is 0 Å². The Labute approximate surface area is 197 Å². The molecular weight excluding hydrogens is 450 g/mol. The summed E-state index contributed by atoms with van der Waals surface area (Å²) < 4.78 is 2.55. The van der Waals surface area contributed by atoms with Crippen molar-refractivity contribution in [2.24, 2.45) is 0 Å². The fourth-order valence-corrected chi connectivity index (χ4v) is 5.57. The number of imidazole rings is 1. The van der Waals surface area contributed by atoms with Crippen LogP contribution in [0.2, 0.25) is 0 Å². The summed E-state index contributed by atoms with van der Waals surface area (Å²) >= 11 is 1.56. The highest BCUT2D eigenvalue weighted by molar-refractivity contribution is 7.19. The smallest absolute Gasteiger partial charge is 0.265 e. The molecule has 6 rings (SSSR count). The van der Waals surface area contributed by atoms with E-state index in [2.05, 4.69) is 25.3 Å². The van der Waals surface area contributed by atoms with E-state index in [0.29, 0.717) is 36.0 Å². The summed E-state index contributed by atoms with van der Waals surface area (Å²) in [6.07, 6.45) is 3.80. The number of nitrogens with one attached hydrogen (secondary N) is 2. The maximum Gasteiger partial charge on any atom is 0.265 e. The minimum Gasteiger partial charge on any atom is -0.384 e. The lowest BCUT2D eigenvalue weighted by molar-refractivity contribution is -0.124. The van der Waals surface area contributed by atoms with E-state index in [1.165, 1.54) is 4.57 Å². The van der Waals surface area contributed by atoms with Crippen LogP contribution in [0.4, 0.5) is 5.82 Å². The molecule has 9 nitrogen and oxygen atoms in total. The Balaban J connectivity index is 1.29. The van der Waals surface area contributed by atoms with Crippen LogP contribution < -0.4 is 16.6 Å². The molecule has 2 atom stereocenters. The van der Waals surface area contributed by atoms with Crippen LogP contribution in [0.15, 0.2) is 53.6 Å². The van der Waals surface area contributed by atoms with Crippen molar-refractivity contribution in [1.29, 1.82) is 0 Å². The standard InChI is InChI=1S/C24H21N7O2S/c1-12-6-18(23(32)28-10-14-7-13-9-26-20(25)8-19(13)34-14)31-22(12)27-11-15(24(31)33)21-29-16-4-2-3-5-17(16)30-21/h2-5,7-9,11-12,18H,6,10H2,1H3,(H2,25,26)(H,28,32)(H,29,30)/t12-,18+/m1/s1. The van der Waals surface area contributed by atoms with E-state index >= 15 is 0 Å². The number of aromatic nitrogens is 5. The van der Waals surface area contributed by atoms with Crippen molar-refractivity contribution >= 4 is 44.2 Å². The second-order valence-electron chi connectivity index (χ2n) is 8.54. The Hall–Kier alpha value is -4.05. The summed E-state index contributed by atoms with van der Waals surface area (Å²) in [6.45, 7) is 2.35. The second-order valence-corrected chi connectivity index (χ2v) is 9.71. The molecule has 10 heteroatoms. The van der Waals surface area contributed by atoms with Crippen LogP contribution in [0.5, 0.6) is 0 Å². The highest BCUT2D eigenvalue weighted by Crippen LogP contribution is 2.34. The van der Waals surface area contributed by atoms with Gasteiger partial charge in [-0.3, -0.25) is 14.2 Å². The van der Waals surface area contributed by atoms with Gasteiger partial charge in [-0.25, -0.2) is 15.0 Å². The SMILES string of the molecule is C[C@@H]1C[C@@H](C(=O)NCc2cc3cnc(N)cc3s2)n2c1ncc(-c1nc3ccccc3[nH]1)c2=O. The van der Waals surface area contributed by atoms with E-state index in [0.717, 1.165) is 26.0 Å². The number of hydrogen-bond acceptors (Lipinski definition) is 7. The molecule has 0 aliphatic carbocycles. The average Bonchev–Trinajstić information content (AvgIpc) is 3.52. The number of fused-ring (bicyclic) bond motifs is 3. The lowest BCUT2D eigenvalue weighted by atomic mass is 10.1. The Morgan fingerprint density at radius 1 is 1.26 bits per heavy atom. The Morgan fingerprint density at radius 3 is 2.97 bits per heavy atom. The van der Waals surface area contributed by atoms with E-state index in [9.17, 15) is 9.59 Å². The Bertz CT molecular complexity index is 1600. The molecule has 5 heterocycles. The summed E-state index contributed by atoms with van der Waals surface area (Å²) in [5, 5.41) is 3.98. The van der Waals surface area contributed by atoms with Gasteiger partial charge in [0.15, 0.2) is 0 Å². The number of carbonyl (C=O) groups is 1. The first kappa shape index (κ1) is 20.5. The normalized spacial score (nSPS) is 17.3. The number of anilines is 1. The van der Waals surface area contributed by atoms with Crippen LogP contribution in [0.25, 0.3) is 32.5 Å². The van der Waals surface area contributed by atoms with Gasteiger partial charge in [-0.1, -0.05) is 19.1 Å². The first-order valence-corrected chi connectivity index (χ1v) is 11.8. The number of H-pyrrole nitrogens is 1. The summed E-state index contributed by atoms with van der Waals surface area (Å²) in [5.41, 5.74) is 7.46. The van der Waals surface area contributed by atoms with Gasteiger partial charge in [0.25, 0.3) is 5.56 Å². The van der Waals surface area contributed by atoms with Crippen LogP contribution in [-0.4, -0.2) is 30.4 Å². The van der Waals surface area contributed by atoms with Crippen LogP contribution in [0.1, 0.15) is 36.0 Å². The maximum atomic E-state index is 13.5. The quantitative estimate of drug-likeness (QED) is 0.368. The lowest BCUT2D eigenvalue weighted by Crippen LogP contribution is -2.36. The fourth-order valence-electron chi connectivity index (χ4n) is 4.54. The zero-order valence-electron chi connectivity index (χ0n) is 18.3. The van der Waals surface area contributed by atoms with Crippen LogP contribution >= 0.6 is 11.3 Å². The Kier molecular flexibility index (Phi) is 4.70. The fraction of sp³-hybridized carbons (Fsp3) is 0.208. The number of para-hydroxylation sites is 2. The van der Waals surface area contributed by atoms with E-state index in [-0.39, 0.29) is 17.4 Å². The van der Waals surface area contributed by atoms with Gasteiger partial charge >= 0.3 is 0 Å². The van der Waals surface area contributed by atoms with Crippen molar-refractivity contribution in [3.63, 3.8) is 0 Å². The third-order valence-electron chi connectivity index (χ3n) is 6.21. The molecule has 0 radical (unpaired) electrons. The predicted molar refractivity (Wildman–Crippen MR) is 132 cm³/mol. The minimum absolute atomic E-state index is 0.00783. The van der Waals surface area contributed by atoms with Crippen molar-refractivity contribution in [2.75, 3.05) is 5.73 Å². The third kappa shape index (κ3) is 3.34. The first-order valence-electron chi connectivity index (χ1n) is 11.0. The van der Waals surface area contributed by atoms with Crippen molar-refractivity contribution < 1.29 is 4.79 Å². The predicted octanol–water partition coefficient (Wildman–Crippen LogP) is 3.34. The van der Waals surface area contributed by atoms with Crippen molar-refractivity contribution in [1.82, 2.24) is 29.8 Å². The van der Waals surface area contributed by atoms with Gasteiger partial charge in [-0.05, 0) is 30.7 Å². The molecule has 0 saturated carbocycles. The average molecular weight is 472 g/mol. The molecule has 0 fully saturated rings. The van der Waals surface area contributed by atoms with Gasteiger partial charge in [0.2, 0.25) is 5.91 Å². The van der Waals surface area contributed by atoms with Gasteiger partial charge in [0.1, 0.15) is 29.1 Å². The third-order valence-corrected chi connectivity index (χ3v) is 7.31. The molecule has 0 saturated heterocycles. The molecule has 4 N–H and O–H groups in total. The number of carbonyl (C=O) groups excluding carboxylic acids is 1. The number of amides is 1. The van der Waals surface area contributed by atoms with Crippen molar-refractivity contribution in [3.05, 3.63) is 69.8 Å². The largest absolute Gasteiger partial charge is 0.384 e. The van der Waals surface area contributed by atoms with Gasteiger partial charge in [0, 0.05) is 33.3 Å². The number of nitrogen functional groups attached to an aromatic ring is 1. The first-order chi connectivity index (χ1) is 16.5. The summed E-state index contributed by atoms with van der Waals surface area (Å²) in [7, 11) is 0. The van der Waals surface area contributed by atoms with Crippen LogP contribution in [-0.2, 0) is 11.3 Å². The monoisotopic (exact) mass is 471 g/mol. The van der Waals surface area contributed by atoms with Gasteiger partial charge < -0.3 is 16.0 Å². The second kappa shape index (κ2) is 7.77. The Morgan fingerprint density at radius 2 is 2.12 bits per heavy atom. The van der Waals surface area contributed by atoms with Gasteiger partial charge in [0.05, 0.1) is 17.6 Å².